The van der Waals surface area contributed by atoms with Crippen LogP contribution in [-0.2, 0) is 6.42 Å². The largest absolute Gasteiger partial charge is 0.396 e. The van der Waals surface area contributed by atoms with E-state index in [2.05, 4.69) is 10.3 Å². The van der Waals surface area contributed by atoms with E-state index in [-0.39, 0.29) is 23.5 Å². The molecule has 2 aromatic rings. The molecular formula is C16H16Cl2N2O2. The number of rotatable bonds is 6. The monoisotopic (exact) mass is 338 g/mol. The maximum Gasteiger partial charge on any atom is 0.252 e. The van der Waals surface area contributed by atoms with Crippen molar-refractivity contribution in [1.82, 2.24) is 10.3 Å². The molecule has 1 atom stereocenters. The van der Waals surface area contributed by atoms with Gasteiger partial charge in [0.1, 0.15) is 0 Å². The molecule has 1 aromatic heterocycles. The molecule has 2 rings (SSSR count). The minimum Gasteiger partial charge on any atom is -0.396 e. The van der Waals surface area contributed by atoms with E-state index in [4.69, 9.17) is 23.2 Å². The second-order valence-corrected chi connectivity index (χ2v) is 5.67. The fraction of sp³-hybridized carbons (Fsp3) is 0.250. The normalized spacial score (nSPS) is 12.0. The summed E-state index contributed by atoms with van der Waals surface area (Å²) in [6.45, 7) is 0.287. The number of amides is 1. The summed E-state index contributed by atoms with van der Waals surface area (Å²) >= 11 is 11.9. The number of carbonyl (C=O) groups excluding carboxylic acids is 1. The summed E-state index contributed by atoms with van der Waals surface area (Å²) in [7, 11) is 0. The third-order valence-corrected chi connectivity index (χ3v) is 4.05. The van der Waals surface area contributed by atoms with E-state index < -0.39 is 0 Å². The van der Waals surface area contributed by atoms with Crippen molar-refractivity contribution in [2.24, 2.45) is 5.92 Å². The molecule has 0 aliphatic heterocycles. The van der Waals surface area contributed by atoms with Crippen LogP contribution in [0, 0.1) is 5.92 Å². The number of nitrogens with one attached hydrogen (secondary N) is 1. The van der Waals surface area contributed by atoms with E-state index in [1.165, 1.54) is 0 Å². The van der Waals surface area contributed by atoms with Gasteiger partial charge in [0, 0.05) is 31.0 Å². The predicted octanol–water partition coefficient (Wildman–Crippen LogP) is 2.97. The summed E-state index contributed by atoms with van der Waals surface area (Å²) in [5.41, 5.74) is 1.19. The number of hydrogen-bond acceptors (Lipinski definition) is 3. The highest BCUT2D eigenvalue weighted by atomic mass is 35.5. The molecule has 2 N–H and O–H groups in total. The number of pyridine rings is 1. The summed E-state index contributed by atoms with van der Waals surface area (Å²) in [5, 5.41) is 12.8. The van der Waals surface area contributed by atoms with Gasteiger partial charge in [-0.2, -0.15) is 0 Å². The Morgan fingerprint density at radius 1 is 1.23 bits per heavy atom. The third-order valence-electron chi connectivity index (χ3n) is 3.23. The lowest BCUT2D eigenvalue weighted by Gasteiger charge is -2.15. The predicted molar refractivity (Wildman–Crippen MR) is 87.3 cm³/mol. The van der Waals surface area contributed by atoms with E-state index in [1.54, 1.807) is 24.4 Å². The van der Waals surface area contributed by atoms with Gasteiger partial charge in [0.2, 0.25) is 0 Å². The van der Waals surface area contributed by atoms with Gasteiger partial charge < -0.3 is 10.4 Å². The van der Waals surface area contributed by atoms with Crippen molar-refractivity contribution >= 4 is 29.1 Å². The smallest absolute Gasteiger partial charge is 0.252 e. The zero-order valence-corrected chi connectivity index (χ0v) is 13.3. The first-order valence-electron chi connectivity index (χ1n) is 6.84. The van der Waals surface area contributed by atoms with Crippen molar-refractivity contribution in [3.05, 3.63) is 63.9 Å². The van der Waals surface area contributed by atoms with Crippen LogP contribution in [0.15, 0.2) is 42.6 Å². The lowest BCUT2D eigenvalue weighted by molar-refractivity contribution is 0.0940. The van der Waals surface area contributed by atoms with Crippen LogP contribution >= 0.6 is 23.2 Å². The number of nitrogens with zero attached hydrogens (tertiary/aromatic N) is 1. The standard InChI is InChI=1S/C16H16Cl2N2O2/c17-14-6-3-5-13(15(14)18)16(22)20-9-11(10-21)8-12-4-1-2-7-19-12/h1-7,11,21H,8-10H2,(H,20,22). The van der Waals surface area contributed by atoms with Crippen LogP contribution in [0.25, 0.3) is 0 Å². The van der Waals surface area contributed by atoms with Gasteiger partial charge in [0.25, 0.3) is 5.91 Å². The summed E-state index contributed by atoms with van der Waals surface area (Å²) in [6.07, 6.45) is 2.29. The first-order valence-corrected chi connectivity index (χ1v) is 7.60. The van der Waals surface area contributed by atoms with Gasteiger partial charge in [-0.3, -0.25) is 9.78 Å². The Morgan fingerprint density at radius 3 is 2.73 bits per heavy atom. The van der Waals surface area contributed by atoms with Crippen LogP contribution < -0.4 is 5.32 Å². The molecule has 0 fully saturated rings. The van der Waals surface area contributed by atoms with Crippen LogP contribution in [0.5, 0.6) is 0 Å². The number of halogens is 2. The summed E-state index contributed by atoms with van der Waals surface area (Å²) in [6, 6.07) is 10.5. The minimum atomic E-state index is -0.313. The van der Waals surface area contributed by atoms with Crippen molar-refractivity contribution in [3.8, 4) is 0 Å². The number of aromatic nitrogens is 1. The Kier molecular flexibility index (Phi) is 6.19. The van der Waals surface area contributed by atoms with Crippen LogP contribution in [0.4, 0.5) is 0 Å². The molecule has 6 heteroatoms. The summed E-state index contributed by atoms with van der Waals surface area (Å²) < 4.78 is 0. The first kappa shape index (κ1) is 16.7. The highest BCUT2D eigenvalue weighted by Crippen LogP contribution is 2.25. The van der Waals surface area contributed by atoms with E-state index in [1.807, 2.05) is 18.2 Å². The average Bonchev–Trinajstić information content (AvgIpc) is 2.54. The van der Waals surface area contributed by atoms with Crippen molar-refractivity contribution in [3.63, 3.8) is 0 Å². The first-order chi connectivity index (χ1) is 10.6. The van der Waals surface area contributed by atoms with Crippen LogP contribution in [0.2, 0.25) is 10.0 Å². The van der Waals surface area contributed by atoms with Gasteiger partial charge in [-0.1, -0.05) is 35.3 Å². The number of hydrogen-bond donors (Lipinski definition) is 2. The lowest BCUT2D eigenvalue weighted by atomic mass is 10.0. The molecule has 1 aromatic carbocycles. The topological polar surface area (TPSA) is 62.2 Å². The van der Waals surface area contributed by atoms with Gasteiger partial charge in [-0.25, -0.2) is 0 Å². The molecular weight excluding hydrogens is 323 g/mol. The molecule has 1 unspecified atom stereocenters. The second-order valence-electron chi connectivity index (χ2n) is 4.89. The SMILES string of the molecule is O=C(NCC(CO)Cc1ccccn1)c1cccc(Cl)c1Cl. The maximum absolute atomic E-state index is 12.1. The van der Waals surface area contributed by atoms with Gasteiger partial charge in [-0.05, 0) is 30.7 Å². The van der Waals surface area contributed by atoms with Gasteiger partial charge in [-0.15, -0.1) is 0 Å². The molecule has 22 heavy (non-hydrogen) atoms. The molecule has 1 amide bonds. The summed E-state index contributed by atoms with van der Waals surface area (Å²) in [5.74, 6) is -0.427. The summed E-state index contributed by atoms with van der Waals surface area (Å²) in [4.78, 5) is 16.4. The Labute approximate surface area is 139 Å². The maximum atomic E-state index is 12.1. The number of aliphatic hydroxyl groups excluding tert-OH is 1. The van der Waals surface area contributed by atoms with Crippen LogP contribution in [0.3, 0.4) is 0 Å². The third kappa shape index (κ3) is 4.44. The van der Waals surface area contributed by atoms with E-state index in [9.17, 15) is 9.90 Å². The van der Waals surface area contributed by atoms with Crippen LogP contribution in [0.1, 0.15) is 16.1 Å². The lowest BCUT2D eigenvalue weighted by Crippen LogP contribution is -2.32. The highest BCUT2D eigenvalue weighted by Gasteiger charge is 2.15. The van der Waals surface area contributed by atoms with Gasteiger partial charge >= 0.3 is 0 Å². The zero-order chi connectivity index (χ0) is 15.9. The van der Waals surface area contributed by atoms with Gasteiger partial charge in [0.15, 0.2) is 0 Å². The molecule has 4 nitrogen and oxygen atoms in total. The van der Waals surface area contributed by atoms with Crippen molar-refractivity contribution in [1.29, 1.82) is 0 Å². The molecule has 116 valence electrons. The van der Waals surface area contributed by atoms with Crippen molar-refractivity contribution < 1.29 is 9.90 Å². The molecule has 0 saturated carbocycles. The van der Waals surface area contributed by atoms with Crippen LogP contribution in [-0.4, -0.2) is 29.1 Å². The molecule has 0 saturated heterocycles. The number of carbonyl (C=O) groups is 1. The average molecular weight is 339 g/mol. The molecule has 0 radical (unpaired) electrons. The number of benzene rings is 1. The fourth-order valence-corrected chi connectivity index (χ4v) is 2.41. The number of aliphatic hydroxyl groups is 1. The Morgan fingerprint density at radius 2 is 2.05 bits per heavy atom. The van der Waals surface area contributed by atoms with E-state index in [0.29, 0.717) is 23.6 Å². The van der Waals surface area contributed by atoms with E-state index >= 15 is 0 Å². The fourth-order valence-electron chi connectivity index (χ4n) is 2.03. The van der Waals surface area contributed by atoms with E-state index in [0.717, 1.165) is 5.69 Å². The Balaban J connectivity index is 1.95. The van der Waals surface area contributed by atoms with Gasteiger partial charge in [0.05, 0.1) is 15.6 Å². The molecule has 1 heterocycles. The molecule has 0 bridgehead atoms. The second kappa shape index (κ2) is 8.13. The molecule has 0 aliphatic rings. The Bertz CT molecular complexity index is 635. The Hall–Kier alpha value is -1.62. The quantitative estimate of drug-likeness (QED) is 0.851. The van der Waals surface area contributed by atoms with Crippen molar-refractivity contribution in [2.45, 2.75) is 6.42 Å². The molecule has 0 aliphatic carbocycles. The molecule has 0 spiro atoms. The minimum absolute atomic E-state index is 0.0415. The van der Waals surface area contributed by atoms with Crippen molar-refractivity contribution in [2.75, 3.05) is 13.2 Å². The highest BCUT2D eigenvalue weighted by molar-refractivity contribution is 6.43. The zero-order valence-electron chi connectivity index (χ0n) is 11.8.